The van der Waals surface area contributed by atoms with Gasteiger partial charge in [-0.3, -0.25) is 9.59 Å². The maximum absolute atomic E-state index is 14.5. The molecule has 2 aromatic carbocycles. The zero-order valence-corrected chi connectivity index (χ0v) is 20.0. The van der Waals surface area contributed by atoms with Gasteiger partial charge >= 0.3 is 6.18 Å². The summed E-state index contributed by atoms with van der Waals surface area (Å²) in [6.07, 6.45) is -4.18. The highest BCUT2D eigenvalue weighted by Crippen LogP contribution is 2.50. The maximum atomic E-state index is 14.5. The molecule has 2 aliphatic heterocycles. The summed E-state index contributed by atoms with van der Waals surface area (Å²) in [6.45, 7) is 0.400. The molecule has 6 nitrogen and oxygen atoms in total. The van der Waals surface area contributed by atoms with Crippen molar-refractivity contribution in [3.8, 4) is 5.75 Å². The molecule has 4 rings (SSSR count). The number of carbonyl (C=O) groups is 2. The van der Waals surface area contributed by atoms with Crippen molar-refractivity contribution in [2.45, 2.75) is 37.0 Å². The second-order valence-electron chi connectivity index (χ2n) is 9.35. The normalized spacial score (nSPS) is 21.6. The van der Waals surface area contributed by atoms with Gasteiger partial charge in [0, 0.05) is 44.6 Å². The van der Waals surface area contributed by atoms with E-state index in [-0.39, 0.29) is 42.7 Å². The topological polar surface area (TPSA) is 67.9 Å². The Bertz CT molecular complexity index is 1100. The lowest BCUT2D eigenvalue weighted by Crippen LogP contribution is -2.60. The molecule has 0 unspecified atom stereocenters. The Labute approximate surface area is 206 Å². The van der Waals surface area contributed by atoms with E-state index in [2.05, 4.69) is 5.32 Å². The molecule has 0 radical (unpaired) electrons. The highest BCUT2D eigenvalue weighted by Gasteiger charge is 2.64. The summed E-state index contributed by atoms with van der Waals surface area (Å²) >= 11 is 0. The minimum atomic E-state index is -5.02. The van der Waals surface area contributed by atoms with Crippen LogP contribution < -0.4 is 10.1 Å². The Hall–Kier alpha value is -3.14. The number of likely N-dealkylation sites (tertiary alicyclic amines) is 1. The highest BCUT2D eigenvalue weighted by atomic mass is 19.4. The van der Waals surface area contributed by atoms with E-state index < -0.39 is 23.1 Å². The summed E-state index contributed by atoms with van der Waals surface area (Å²) in [6, 6.07) is 11.1. The third-order valence-electron chi connectivity index (χ3n) is 7.58. The Morgan fingerprint density at radius 2 is 1.64 bits per heavy atom. The van der Waals surface area contributed by atoms with Crippen LogP contribution in [0.3, 0.4) is 0 Å². The van der Waals surface area contributed by atoms with Gasteiger partial charge < -0.3 is 19.7 Å². The molecule has 2 aromatic rings. The van der Waals surface area contributed by atoms with Gasteiger partial charge in [0.15, 0.2) is 0 Å². The second-order valence-corrected chi connectivity index (χ2v) is 9.35. The van der Waals surface area contributed by atoms with Crippen LogP contribution >= 0.6 is 0 Å². The number of carbonyl (C=O) groups excluding carboxylic acids is 2. The Balaban J connectivity index is 1.62. The number of alkyl halides is 3. The lowest BCUT2D eigenvalue weighted by Gasteiger charge is -2.50. The third-order valence-corrected chi connectivity index (χ3v) is 7.58. The number of methoxy groups -OCH3 is 2. The number of piperidine rings is 2. The number of amides is 2. The highest BCUT2D eigenvalue weighted by molar-refractivity contribution is 5.88. The average Bonchev–Trinajstić information content (AvgIpc) is 2.85. The zero-order valence-electron chi connectivity index (χ0n) is 20.0. The third kappa shape index (κ3) is 4.42. The van der Waals surface area contributed by atoms with Gasteiger partial charge in [0.25, 0.3) is 11.5 Å². The predicted octanol–water partition coefficient (Wildman–Crippen LogP) is 4.15. The predicted molar refractivity (Wildman–Crippen MR) is 123 cm³/mol. The van der Waals surface area contributed by atoms with E-state index in [0.29, 0.717) is 25.1 Å². The van der Waals surface area contributed by atoms with E-state index in [9.17, 15) is 27.2 Å². The Morgan fingerprint density at radius 3 is 2.17 bits per heavy atom. The molecule has 0 bridgehead atoms. The van der Waals surface area contributed by atoms with E-state index in [4.69, 9.17) is 9.47 Å². The molecule has 0 aromatic heterocycles. The van der Waals surface area contributed by atoms with E-state index in [1.165, 1.54) is 48.4 Å². The number of nitrogens with zero attached hydrogens (tertiary/aromatic N) is 1. The smallest absolute Gasteiger partial charge is 0.430 e. The summed E-state index contributed by atoms with van der Waals surface area (Å²) in [5.41, 5.74) is -3.23. The summed E-state index contributed by atoms with van der Waals surface area (Å²) < 4.78 is 66.9. The van der Waals surface area contributed by atoms with Gasteiger partial charge in [-0.1, -0.05) is 24.3 Å². The first-order valence-corrected chi connectivity index (χ1v) is 11.6. The Kier molecular flexibility index (Phi) is 7.01. The zero-order chi connectivity index (χ0) is 26.1. The average molecular weight is 509 g/mol. The van der Waals surface area contributed by atoms with Gasteiger partial charge in [-0.15, -0.1) is 0 Å². The molecule has 2 fully saturated rings. The first-order chi connectivity index (χ1) is 17.1. The number of ether oxygens (including phenoxy) is 2. The van der Waals surface area contributed by atoms with Crippen molar-refractivity contribution in [2.24, 2.45) is 5.41 Å². The van der Waals surface area contributed by atoms with Crippen LogP contribution in [-0.4, -0.2) is 56.7 Å². The monoisotopic (exact) mass is 508 g/mol. The van der Waals surface area contributed by atoms with Crippen molar-refractivity contribution in [1.29, 1.82) is 0 Å². The quantitative estimate of drug-likeness (QED) is 0.617. The molecule has 2 amide bonds. The molecular formula is C26H28F4N2O4. The fourth-order valence-corrected chi connectivity index (χ4v) is 5.56. The lowest BCUT2D eigenvalue weighted by atomic mass is 9.62. The van der Waals surface area contributed by atoms with Crippen molar-refractivity contribution in [2.75, 3.05) is 33.9 Å². The lowest BCUT2D eigenvalue weighted by molar-refractivity contribution is -0.271. The van der Waals surface area contributed by atoms with E-state index in [1.54, 1.807) is 12.1 Å². The molecule has 36 heavy (non-hydrogen) atoms. The minimum Gasteiger partial charge on any atom is -0.497 e. The molecule has 2 heterocycles. The number of hydrogen-bond acceptors (Lipinski definition) is 4. The van der Waals surface area contributed by atoms with E-state index in [0.717, 1.165) is 12.7 Å². The van der Waals surface area contributed by atoms with Crippen LogP contribution in [0.15, 0.2) is 48.5 Å². The van der Waals surface area contributed by atoms with Crippen molar-refractivity contribution >= 4 is 11.8 Å². The second kappa shape index (κ2) is 9.72. The van der Waals surface area contributed by atoms with Crippen LogP contribution in [0.25, 0.3) is 0 Å². The molecule has 2 aliphatic rings. The van der Waals surface area contributed by atoms with Crippen LogP contribution in [0, 0.1) is 11.2 Å². The number of nitrogens with one attached hydrogen (secondary N) is 1. The molecular weight excluding hydrogens is 480 g/mol. The van der Waals surface area contributed by atoms with Gasteiger partial charge in [-0.2, -0.15) is 13.2 Å². The standard InChI is InChI=1S/C26H28F4N2O4/c1-35-20-9-5-18(6-10-20)25(36-2,26(28,29)30)23(34)32-13-11-24(12-14-32)15-22(33)31-16-21(24)17-3-7-19(27)8-4-17/h3-10,21H,11-16H2,1-2H3,(H,31,33)/t21-,25-/m0/s1. The van der Waals surface area contributed by atoms with Gasteiger partial charge in [0.05, 0.1) is 7.11 Å². The summed E-state index contributed by atoms with van der Waals surface area (Å²) in [4.78, 5) is 27.0. The number of rotatable bonds is 5. The van der Waals surface area contributed by atoms with Gasteiger partial charge in [-0.25, -0.2) is 4.39 Å². The fraction of sp³-hybridized carbons (Fsp3) is 0.462. The van der Waals surface area contributed by atoms with Gasteiger partial charge in [-0.05, 0) is 48.1 Å². The van der Waals surface area contributed by atoms with Crippen LogP contribution in [0.2, 0.25) is 0 Å². The molecule has 0 aliphatic carbocycles. The summed E-state index contributed by atoms with van der Waals surface area (Å²) in [5, 5.41) is 2.84. The summed E-state index contributed by atoms with van der Waals surface area (Å²) in [7, 11) is 2.26. The van der Waals surface area contributed by atoms with Crippen LogP contribution in [-0.2, 0) is 19.9 Å². The van der Waals surface area contributed by atoms with Gasteiger partial charge in [0.1, 0.15) is 11.6 Å². The van der Waals surface area contributed by atoms with Crippen LogP contribution in [0.1, 0.15) is 36.3 Å². The molecule has 194 valence electrons. The van der Waals surface area contributed by atoms with E-state index in [1.807, 2.05) is 0 Å². The molecule has 1 spiro atoms. The first-order valence-electron chi connectivity index (χ1n) is 11.6. The maximum Gasteiger partial charge on any atom is 0.430 e. The number of hydrogen-bond donors (Lipinski definition) is 1. The molecule has 2 saturated heterocycles. The molecule has 1 N–H and O–H groups in total. The van der Waals surface area contributed by atoms with Crippen molar-refractivity contribution in [1.82, 2.24) is 10.2 Å². The Morgan fingerprint density at radius 1 is 1.03 bits per heavy atom. The summed E-state index contributed by atoms with van der Waals surface area (Å²) in [5.74, 6) is -1.52. The molecule has 10 heteroatoms. The van der Waals surface area contributed by atoms with Crippen LogP contribution in [0.5, 0.6) is 5.75 Å². The molecule has 2 atom stereocenters. The number of halogens is 4. The largest absolute Gasteiger partial charge is 0.497 e. The van der Waals surface area contributed by atoms with Crippen molar-refractivity contribution in [3.63, 3.8) is 0 Å². The van der Waals surface area contributed by atoms with Crippen LogP contribution in [0.4, 0.5) is 17.6 Å². The minimum absolute atomic E-state index is 0.0289. The van der Waals surface area contributed by atoms with E-state index >= 15 is 0 Å². The molecule has 0 saturated carbocycles. The number of benzene rings is 2. The van der Waals surface area contributed by atoms with Crippen molar-refractivity contribution < 1.29 is 36.6 Å². The first kappa shape index (κ1) is 25.9. The van der Waals surface area contributed by atoms with Gasteiger partial charge in [0.2, 0.25) is 5.91 Å². The van der Waals surface area contributed by atoms with Crippen molar-refractivity contribution in [3.05, 3.63) is 65.5 Å². The SMILES string of the molecule is COc1ccc([C@](OC)(C(=O)N2CCC3(CC2)CC(=O)NC[C@H]3c2ccc(F)cc2)C(F)(F)F)cc1. The fourth-order valence-electron chi connectivity index (χ4n) is 5.56.